The highest BCUT2D eigenvalue weighted by molar-refractivity contribution is 5.98. The molecule has 3 aliphatic heterocycles. The first kappa shape index (κ1) is 44.5. The second kappa shape index (κ2) is 19.4. The summed E-state index contributed by atoms with van der Waals surface area (Å²) in [7, 11) is 6.92. The number of aromatic hydroxyl groups is 1. The van der Waals surface area contributed by atoms with Crippen LogP contribution in [0, 0.1) is 0 Å². The van der Waals surface area contributed by atoms with Gasteiger partial charge in [-0.1, -0.05) is 30.3 Å². The zero-order chi connectivity index (χ0) is 43.8. The number of hydrogen-bond acceptors (Lipinski definition) is 11. The van der Waals surface area contributed by atoms with Crippen LogP contribution in [-0.4, -0.2) is 133 Å². The van der Waals surface area contributed by atoms with Gasteiger partial charge >= 0.3 is 5.97 Å². The quantitative estimate of drug-likeness (QED) is 0.261. The highest BCUT2D eigenvalue weighted by Crippen LogP contribution is 2.33. The van der Waals surface area contributed by atoms with E-state index in [4.69, 9.17) is 14.2 Å². The first-order valence-corrected chi connectivity index (χ1v) is 19.5. The average Bonchev–Trinajstić information content (AvgIpc) is 3.24. The normalized spacial score (nSPS) is 23.4. The summed E-state index contributed by atoms with van der Waals surface area (Å²) in [4.78, 5) is 102. The van der Waals surface area contributed by atoms with E-state index in [1.807, 2.05) is 0 Å². The predicted molar refractivity (Wildman–Crippen MR) is 217 cm³/mol. The number of benzene rings is 3. The molecule has 3 aliphatic rings. The topological polar surface area (TPSA) is 213 Å². The van der Waals surface area contributed by atoms with Crippen LogP contribution < -0.4 is 25.4 Å². The molecule has 17 heteroatoms. The molecule has 6 bridgehead atoms. The number of nitrogens with one attached hydrogen (secondary N) is 3. The molecular weight excluding hydrogens is 777 g/mol. The molecule has 0 radical (unpaired) electrons. The van der Waals surface area contributed by atoms with Crippen LogP contribution in [-0.2, 0) is 57.6 Å². The molecule has 17 nitrogen and oxygen atoms in total. The van der Waals surface area contributed by atoms with Gasteiger partial charge in [-0.15, -0.1) is 0 Å². The smallest absolute Gasteiger partial charge is 0.305 e. The minimum absolute atomic E-state index is 0.000347. The molecule has 3 aromatic rings. The Morgan fingerprint density at radius 1 is 0.717 bits per heavy atom. The van der Waals surface area contributed by atoms with Crippen molar-refractivity contribution in [2.75, 3.05) is 35.4 Å². The number of nitrogens with zero attached hydrogens (tertiary/aromatic N) is 3. The lowest BCUT2D eigenvalue weighted by Crippen LogP contribution is -2.62. The van der Waals surface area contributed by atoms with Crippen LogP contribution in [0.15, 0.2) is 66.7 Å². The van der Waals surface area contributed by atoms with Gasteiger partial charge in [-0.3, -0.25) is 33.6 Å². The Morgan fingerprint density at radius 2 is 1.33 bits per heavy atom. The first-order chi connectivity index (χ1) is 28.5. The van der Waals surface area contributed by atoms with Gasteiger partial charge in [0, 0.05) is 46.8 Å². The van der Waals surface area contributed by atoms with Gasteiger partial charge in [0.2, 0.25) is 35.4 Å². The van der Waals surface area contributed by atoms with E-state index in [1.165, 1.54) is 71.1 Å². The van der Waals surface area contributed by atoms with Crippen LogP contribution in [0.3, 0.4) is 0 Å². The molecule has 0 spiro atoms. The number of rotatable bonds is 6. The maximum absolute atomic E-state index is 14.7. The van der Waals surface area contributed by atoms with Crippen molar-refractivity contribution < 1.29 is 52.9 Å². The van der Waals surface area contributed by atoms with Crippen LogP contribution in [0.25, 0.3) is 0 Å². The van der Waals surface area contributed by atoms with Crippen molar-refractivity contribution in [1.82, 2.24) is 30.7 Å². The summed E-state index contributed by atoms with van der Waals surface area (Å²) in [6.45, 7) is 2.86. The molecule has 3 heterocycles. The lowest BCUT2D eigenvalue weighted by atomic mass is 9.98. The fourth-order valence-electron chi connectivity index (χ4n) is 7.13. The number of carbonyl (C=O) groups is 7. The van der Waals surface area contributed by atoms with E-state index < -0.39 is 77.7 Å². The first-order valence-electron chi connectivity index (χ1n) is 19.5. The van der Waals surface area contributed by atoms with Gasteiger partial charge in [-0.05, 0) is 73.4 Å². The molecule has 4 N–H and O–H groups in total. The lowest BCUT2D eigenvalue weighted by molar-refractivity contribution is -0.149. The fourth-order valence-corrected chi connectivity index (χ4v) is 7.13. The Labute approximate surface area is 348 Å². The largest absolute Gasteiger partial charge is 0.504 e. The average molecular weight is 829 g/mol. The van der Waals surface area contributed by atoms with Gasteiger partial charge in [0.1, 0.15) is 47.8 Å². The molecule has 6 rings (SSSR count). The molecule has 60 heavy (non-hydrogen) atoms. The standard InChI is InChI=1S/C43H52N6O11/c1-24-38(52)46-31(17-19-37(51)59-7)42(56)47(3)32(20-26-8-13-29(58-6)14-9-26)40(54)45-25(2)41(55)49(5)34-21-27-10-15-30(16-11-27)60-36-23-28(12-18-35(36)50)22-33(39(53)44-24)48(4)43(34)57/h8-16,18,23-25,31-34,50H,17,19-22H2,1-7H3,(H,44,53)(H,45,54)(H,46,52)/t24-,25-,31+,32+,33+,34+/m1/s1. The number of fused-ring (bicyclic) bond motifs is 2. The second-order valence-electron chi connectivity index (χ2n) is 15.0. The summed E-state index contributed by atoms with van der Waals surface area (Å²) in [5.41, 5.74) is 1.77. The highest BCUT2D eigenvalue weighted by atomic mass is 16.5. The van der Waals surface area contributed by atoms with Crippen molar-refractivity contribution in [3.63, 3.8) is 0 Å². The predicted octanol–water partition coefficient (Wildman–Crippen LogP) is 1.48. The molecule has 1 fully saturated rings. The van der Waals surface area contributed by atoms with E-state index in [0.717, 1.165) is 4.90 Å². The maximum atomic E-state index is 14.7. The van der Waals surface area contributed by atoms with Gasteiger partial charge in [0.15, 0.2) is 11.5 Å². The molecule has 6 atom stereocenters. The van der Waals surface area contributed by atoms with E-state index in [9.17, 15) is 38.7 Å². The Hall–Kier alpha value is -6.65. The summed E-state index contributed by atoms with van der Waals surface area (Å²) in [6.07, 6.45) is -0.607. The van der Waals surface area contributed by atoms with Gasteiger partial charge < -0.3 is 50.0 Å². The van der Waals surface area contributed by atoms with Crippen LogP contribution in [0.1, 0.15) is 43.4 Å². The number of carbonyl (C=O) groups excluding carboxylic acids is 7. The fraction of sp³-hybridized carbons (Fsp3) is 0.419. The van der Waals surface area contributed by atoms with E-state index in [-0.39, 0.29) is 43.6 Å². The summed E-state index contributed by atoms with van der Waals surface area (Å²) in [6, 6.07) is 10.6. The second-order valence-corrected chi connectivity index (χ2v) is 15.0. The minimum atomic E-state index is -1.36. The van der Waals surface area contributed by atoms with Gasteiger partial charge in [0.05, 0.1) is 14.2 Å². The Kier molecular flexibility index (Phi) is 14.4. The van der Waals surface area contributed by atoms with E-state index in [1.54, 1.807) is 54.6 Å². The number of methoxy groups -OCH3 is 2. The minimum Gasteiger partial charge on any atom is -0.504 e. The molecule has 0 unspecified atom stereocenters. The van der Waals surface area contributed by atoms with E-state index in [2.05, 4.69) is 16.0 Å². The van der Waals surface area contributed by atoms with Crippen LogP contribution in [0.4, 0.5) is 0 Å². The summed E-state index contributed by atoms with van der Waals surface area (Å²) in [5.74, 6) is -3.93. The Bertz CT molecular complexity index is 2090. The molecule has 0 aromatic heterocycles. The Morgan fingerprint density at radius 3 is 1.98 bits per heavy atom. The van der Waals surface area contributed by atoms with Crippen molar-refractivity contribution in [2.24, 2.45) is 0 Å². The lowest BCUT2D eigenvalue weighted by Gasteiger charge is -2.37. The van der Waals surface area contributed by atoms with E-state index >= 15 is 0 Å². The monoisotopic (exact) mass is 828 g/mol. The molecule has 0 aliphatic carbocycles. The number of phenolic OH excluding ortho intramolecular Hbond substituents is 1. The summed E-state index contributed by atoms with van der Waals surface area (Å²) < 4.78 is 16.0. The summed E-state index contributed by atoms with van der Waals surface area (Å²) >= 11 is 0. The van der Waals surface area contributed by atoms with Crippen molar-refractivity contribution in [3.05, 3.63) is 83.4 Å². The Balaban J connectivity index is 1.60. The zero-order valence-electron chi connectivity index (χ0n) is 34.7. The third kappa shape index (κ3) is 10.5. The number of amides is 6. The van der Waals surface area contributed by atoms with Crippen LogP contribution >= 0.6 is 0 Å². The number of phenols is 1. The molecule has 1 saturated heterocycles. The van der Waals surface area contributed by atoms with Crippen molar-refractivity contribution >= 4 is 41.4 Å². The van der Waals surface area contributed by atoms with Crippen LogP contribution in [0.2, 0.25) is 0 Å². The molecule has 320 valence electrons. The van der Waals surface area contributed by atoms with Gasteiger partial charge in [0.25, 0.3) is 0 Å². The molecular formula is C43H52N6O11. The molecule has 6 amide bonds. The van der Waals surface area contributed by atoms with E-state index in [0.29, 0.717) is 28.2 Å². The number of ether oxygens (including phenoxy) is 3. The van der Waals surface area contributed by atoms with Crippen molar-refractivity contribution in [1.29, 1.82) is 0 Å². The highest BCUT2D eigenvalue weighted by Gasteiger charge is 2.40. The number of hydrogen-bond donors (Lipinski definition) is 4. The third-order valence-corrected chi connectivity index (χ3v) is 10.9. The van der Waals surface area contributed by atoms with Gasteiger partial charge in [-0.25, -0.2) is 0 Å². The molecule has 3 aromatic carbocycles. The number of likely N-dealkylation sites (N-methyl/N-ethyl adjacent to an activating group) is 3. The third-order valence-electron chi connectivity index (χ3n) is 10.9. The van der Waals surface area contributed by atoms with Crippen LogP contribution in [0.5, 0.6) is 23.0 Å². The van der Waals surface area contributed by atoms with Crippen molar-refractivity contribution in [3.8, 4) is 23.0 Å². The van der Waals surface area contributed by atoms with Crippen molar-refractivity contribution in [2.45, 2.75) is 82.2 Å². The van der Waals surface area contributed by atoms with Gasteiger partial charge in [-0.2, -0.15) is 0 Å². The molecule has 0 saturated carbocycles. The zero-order valence-corrected chi connectivity index (χ0v) is 34.7. The maximum Gasteiger partial charge on any atom is 0.305 e. The summed E-state index contributed by atoms with van der Waals surface area (Å²) in [5, 5.41) is 18.7. The number of esters is 1. The SMILES string of the molecule is COC(=O)CC[C@@H]1NC(=O)[C@@H](C)NC(=O)[C@@H]2Cc3ccc(O)c(c3)Oc3ccc(cc3)C[C@@H](C(=O)N2C)N(C)C(=O)[C@@H](C)NC(=O)[C@H](Cc2ccc(OC)cc2)N(C)C1=O.